The number of rotatable bonds is 6. The van der Waals surface area contributed by atoms with E-state index in [1.54, 1.807) is 6.20 Å². The molecule has 5 heteroatoms. The van der Waals surface area contributed by atoms with Gasteiger partial charge in [-0.2, -0.15) is 5.10 Å². The number of piperidine rings is 1. The van der Waals surface area contributed by atoms with E-state index in [9.17, 15) is 4.79 Å². The molecular weight excluding hydrogens is 362 g/mol. The van der Waals surface area contributed by atoms with Gasteiger partial charge in [0.15, 0.2) is 0 Å². The maximum absolute atomic E-state index is 13.1. The molecule has 3 aromatic rings. The highest BCUT2D eigenvalue weighted by atomic mass is 16.5. The molecule has 29 heavy (non-hydrogen) atoms. The number of amides is 1. The van der Waals surface area contributed by atoms with Crippen molar-refractivity contribution in [2.75, 3.05) is 19.7 Å². The van der Waals surface area contributed by atoms with Crippen LogP contribution in [0, 0.1) is 12.8 Å². The molecule has 5 nitrogen and oxygen atoms in total. The fraction of sp³-hybridized carbons (Fsp3) is 0.333. The Morgan fingerprint density at radius 1 is 1.17 bits per heavy atom. The fourth-order valence-electron chi connectivity index (χ4n) is 3.88. The summed E-state index contributed by atoms with van der Waals surface area (Å²) >= 11 is 0. The molecule has 0 spiro atoms. The summed E-state index contributed by atoms with van der Waals surface area (Å²) in [6.45, 7) is 4.93. The molecule has 2 aromatic carbocycles. The van der Waals surface area contributed by atoms with Crippen molar-refractivity contribution < 1.29 is 9.53 Å². The molecule has 0 unspecified atom stereocenters. The molecule has 1 aliphatic rings. The maximum atomic E-state index is 13.1. The van der Waals surface area contributed by atoms with Crippen molar-refractivity contribution >= 4 is 5.91 Å². The van der Waals surface area contributed by atoms with Gasteiger partial charge in [0.1, 0.15) is 5.75 Å². The van der Waals surface area contributed by atoms with Crippen LogP contribution in [0.25, 0.3) is 0 Å². The molecule has 0 N–H and O–H groups in total. The summed E-state index contributed by atoms with van der Waals surface area (Å²) in [5.74, 6) is 1.40. The maximum Gasteiger partial charge on any atom is 0.253 e. The van der Waals surface area contributed by atoms with E-state index in [0.29, 0.717) is 19.1 Å². The van der Waals surface area contributed by atoms with Crippen molar-refractivity contribution in [2.45, 2.75) is 26.3 Å². The van der Waals surface area contributed by atoms with Gasteiger partial charge in [-0.15, -0.1) is 0 Å². The van der Waals surface area contributed by atoms with Gasteiger partial charge in [0.05, 0.1) is 13.2 Å². The summed E-state index contributed by atoms with van der Waals surface area (Å²) in [6, 6.07) is 17.9. The molecule has 0 radical (unpaired) electrons. The first-order valence-corrected chi connectivity index (χ1v) is 10.2. The number of hydrogen-bond donors (Lipinski definition) is 0. The van der Waals surface area contributed by atoms with Crippen molar-refractivity contribution in [3.63, 3.8) is 0 Å². The third-order valence-corrected chi connectivity index (χ3v) is 5.45. The highest BCUT2D eigenvalue weighted by Crippen LogP contribution is 2.22. The highest BCUT2D eigenvalue weighted by molar-refractivity contribution is 5.94. The molecule has 1 saturated heterocycles. The van der Waals surface area contributed by atoms with E-state index in [2.05, 4.69) is 18.1 Å². The van der Waals surface area contributed by atoms with Crippen LogP contribution in [-0.4, -0.2) is 40.3 Å². The van der Waals surface area contributed by atoms with E-state index in [1.807, 2.05) is 64.3 Å². The standard InChI is InChI=1S/C24H27N3O2/c1-19-7-2-3-11-23(19)29-18-21-9-5-13-26(16-21)24(28)22-10-4-8-20(15-22)17-27-14-6-12-25-27/h2-4,6-8,10-12,14-15,21H,5,9,13,16-18H2,1H3/t21-/m1/s1. The van der Waals surface area contributed by atoms with Crippen LogP contribution < -0.4 is 4.74 Å². The van der Waals surface area contributed by atoms with E-state index in [1.165, 1.54) is 0 Å². The number of ether oxygens (including phenoxy) is 1. The number of carbonyl (C=O) groups excluding carboxylic acids is 1. The first kappa shape index (κ1) is 19.2. The number of nitrogens with zero attached hydrogens (tertiary/aromatic N) is 3. The van der Waals surface area contributed by atoms with Crippen LogP contribution in [0.4, 0.5) is 0 Å². The predicted octanol–water partition coefficient (Wildman–Crippen LogP) is 4.17. The first-order valence-electron chi connectivity index (χ1n) is 10.2. The van der Waals surface area contributed by atoms with E-state index >= 15 is 0 Å². The molecule has 0 bridgehead atoms. The van der Waals surface area contributed by atoms with Gasteiger partial charge in [-0.1, -0.05) is 30.3 Å². The average Bonchev–Trinajstić information content (AvgIpc) is 3.26. The van der Waals surface area contributed by atoms with Crippen LogP contribution in [0.3, 0.4) is 0 Å². The minimum Gasteiger partial charge on any atom is -0.493 e. The van der Waals surface area contributed by atoms with Gasteiger partial charge in [0.2, 0.25) is 0 Å². The lowest BCUT2D eigenvalue weighted by Gasteiger charge is -2.33. The number of aromatic nitrogens is 2. The summed E-state index contributed by atoms with van der Waals surface area (Å²) < 4.78 is 7.90. The van der Waals surface area contributed by atoms with Crippen molar-refractivity contribution in [3.8, 4) is 5.75 Å². The van der Waals surface area contributed by atoms with Gasteiger partial charge < -0.3 is 9.64 Å². The smallest absolute Gasteiger partial charge is 0.253 e. The number of hydrogen-bond acceptors (Lipinski definition) is 3. The van der Waals surface area contributed by atoms with Gasteiger partial charge in [-0.25, -0.2) is 0 Å². The molecule has 4 rings (SSSR count). The molecule has 0 aliphatic carbocycles. The normalized spacial score (nSPS) is 16.6. The molecule has 150 valence electrons. The Hall–Kier alpha value is -3.08. The Morgan fingerprint density at radius 3 is 2.90 bits per heavy atom. The monoisotopic (exact) mass is 389 g/mol. The minimum absolute atomic E-state index is 0.105. The second kappa shape index (κ2) is 8.95. The summed E-state index contributed by atoms with van der Waals surface area (Å²) in [5.41, 5.74) is 2.97. The topological polar surface area (TPSA) is 47.4 Å². The number of para-hydroxylation sites is 1. The summed E-state index contributed by atoms with van der Waals surface area (Å²) in [6.07, 6.45) is 5.80. The molecule has 1 aromatic heterocycles. The summed E-state index contributed by atoms with van der Waals surface area (Å²) in [4.78, 5) is 15.1. The SMILES string of the molecule is Cc1ccccc1OC[C@@H]1CCCN(C(=O)c2cccc(Cn3cccn3)c2)C1. The third-order valence-electron chi connectivity index (χ3n) is 5.45. The Balaban J connectivity index is 1.38. The number of aryl methyl sites for hydroxylation is 1. The van der Waals surface area contributed by atoms with Crippen LogP contribution in [0.5, 0.6) is 5.75 Å². The zero-order valence-corrected chi connectivity index (χ0v) is 16.8. The Kier molecular flexibility index (Phi) is 5.94. The molecule has 1 fully saturated rings. The Morgan fingerprint density at radius 2 is 2.07 bits per heavy atom. The summed E-state index contributed by atoms with van der Waals surface area (Å²) in [5, 5.41) is 4.24. The van der Waals surface area contributed by atoms with Crippen molar-refractivity contribution in [2.24, 2.45) is 5.92 Å². The van der Waals surface area contributed by atoms with Gasteiger partial charge in [-0.05, 0) is 55.2 Å². The second-order valence-electron chi connectivity index (χ2n) is 7.74. The lowest BCUT2D eigenvalue weighted by molar-refractivity contribution is 0.0633. The van der Waals surface area contributed by atoms with Crippen LogP contribution >= 0.6 is 0 Å². The van der Waals surface area contributed by atoms with E-state index < -0.39 is 0 Å². The zero-order chi connectivity index (χ0) is 20.1. The van der Waals surface area contributed by atoms with Crippen LogP contribution in [0.1, 0.15) is 34.3 Å². The average molecular weight is 389 g/mol. The van der Waals surface area contributed by atoms with Crippen molar-refractivity contribution in [1.29, 1.82) is 0 Å². The van der Waals surface area contributed by atoms with Crippen LogP contribution in [0.2, 0.25) is 0 Å². The number of benzene rings is 2. The van der Waals surface area contributed by atoms with Gasteiger partial charge in [0.25, 0.3) is 5.91 Å². The first-order chi connectivity index (χ1) is 14.2. The Labute approximate surface area is 171 Å². The Bertz CT molecular complexity index is 952. The molecule has 0 saturated carbocycles. The molecular formula is C24H27N3O2. The molecule has 1 aliphatic heterocycles. The van der Waals surface area contributed by atoms with Crippen LogP contribution in [-0.2, 0) is 6.54 Å². The lowest BCUT2D eigenvalue weighted by Crippen LogP contribution is -2.41. The highest BCUT2D eigenvalue weighted by Gasteiger charge is 2.25. The van der Waals surface area contributed by atoms with Gasteiger partial charge in [-0.3, -0.25) is 9.48 Å². The lowest BCUT2D eigenvalue weighted by atomic mass is 9.98. The number of carbonyl (C=O) groups is 1. The van der Waals surface area contributed by atoms with E-state index in [-0.39, 0.29) is 5.91 Å². The largest absolute Gasteiger partial charge is 0.493 e. The van der Waals surface area contributed by atoms with E-state index in [4.69, 9.17) is 4.74 Å². The van der Waals surface area contributed by atoms with Gasteiger partial charge >= 0.3 is 0 Å². The van der Waals surface area contributed by atoms with E-state index in [0.717, 1.165) is 48.4 Å². The molecule has 2 heterocycles. The van der Waals surface area contributed by atoms with Crippen molar-refractivity contribution in [1.82, 2.24) is 14.7 Å². The second-order valence-corrected chi connectivity index (χ2v) is 7.74. The van der Waals surface area contributed by atoms with Crippen molar-refractivity contribution in [3.05, 3.63) is 83.7 Å². The van der Waals surface area contributed by atoms with Gasteiger partial charge in [0, 0.05) is 37.0 Å². The third kappa shape index (κ3) is 4.86. The molecule has 1 atom stereocenters. The molecule has 1 amide bonds. The minimum atomic E-state index is 0.105. The zero-order valence-electron chi connectivity index (χ0n) is 16.8. The predicted molar refractivity (Wildman–Crippen MR) is 113 cm³/mol. The quantitative estimate of drug-likeness (QED) is 0.636. The fourth-order valence-corrected chi connectivity index (χ4v) is 3.88. The number of likely N-dealkylation sites (tertiary alicyclic amines) is 1. The van der Waals surface area contributed by atoms with Crippen LogP contribution in [0.15, 0.2) is 67.0 Å². The summed E-state index contributed by atoms with van der Waals surface area (Å²) in [7, 11) is 0.